The van der Waals surface area contributed by atoms with Crippen LogP contribution in [0.25, 0.3) is 33.4 Å². The van der Waals surface area contributed by atoms with Gasteiger partial charge in [-0.05, 0) is 42.8 Å². The van der Waals surface area contributed by atoms with Crippen molar-refractivity contribution in [3.63, 3.8) is 0 Å². The van der Waals surface area contributed by atoms with Crippen LogP contribution >= 0.6 is 0 Å². The number of ether oxygens (including phenoxy) is 1. The number of rotatable bonds is 3. The molecule has 0 saturated carbocycles. The summed E-state index contributed by atoms with van der Waals surface area (Å²) < 4.78 is 8.55. The van der Waals surface area contributed by atoms with E-state index in [0.29, 0.717) is 5.39 Å². The number of fused-ring (bicyclic) bond motifs is 3. The van der Waals surface area contributed by atoms with Gasteiger partial charge in [-0.15, -0.1) is 0 Å². The van der Waals surface area contributed by atoms with Crippen molar-refractivity contribution in [2.24, 2.45) is 0 Å². The summed E-state index contributed by atoms with van der Waals surface area (Å²) in [5, 5.41) is 5.19. The zero-order valence-corrected chi connectivity index (χ0v) is 16.0. The molecule has 0 atom stereocenters. The molecule has 0 spiro atoms. The van der Waals surface area contributed by atoms with Crippen LogP contribution in [0.2, 0.25) is 0 Å². The maximum atomic E-state index is 13.1. The number of aryl methyl sites for hydroxylation is 1. The third-order valence-corrected chi connectivity index (χ3v) is 5.10. The molecule has 6 nitrogen and oxygen atoms in total. The quantitative estimate of drug-likeness (QED) is 0.473. The molecular weight excluding hydrogens is 364 g/mol. The van der Waals surface area contributed by atoms with Crippen molar-refractivity contribution in [3.8, 4) is 22.6 Å². The Morgan fingerprint density at radius 1 is 0.966 bits per heavy atom. The third-order valence-electron chi connectivity index (χ3n) is 5.10. The molecule has 3 heterocycles. The van der Waals surface area contributed by atoms with E-state index in [1.54, 1.807) is 28.6 Å². The third kappa shape index (κ3) is 2.69. The van der Waals surface area contributed by atoms with E-state index in [-0.39, 0.29) is 5.56 Å². The first-order valence-corrected chi connectivity index (χ1v) is 9.27. The molecule has 3 aromatic heterocycles. The lowest BCUT2D eigenvalue weighted by molar-refractivity contribution is 0.414. The highest BCUT2D eigenvalue weighted by molar-refractivity contribution is 5.86. The summed E-state index contributed by atoms with van der Waals surface area (Å²) in [5.41, 5.74) is 4.99. The molecule has 0 N–H and O–H groups in total. The maximum Gasteiger partial charge on any atom is 0.266 e. The van der Waals surface area contributed by atoms with E-state index in [0.717, 1.165) is 39.4 Å². The minimum atomic E-state index is -0.142. The van der Waals surface area contributed by atoms with Gasteiger partial charge in [-0.2, -0.15) is 5.10 Å². The van der Waals surface area contributed by atoms with Crippen LogP contribution in [0.4, 0.5) is 0 Å². The van der Waals surface area contributed by atoms with E-state index in [4.69, 9.17) is 4.74 Å². The average Bonchev–Trinajstić information content (AvgIpc) is 3.11. The average molecular weight is 382 g/mol. The normalized spacial score (nSPS) is 11.2. The number of nitrogens with zero attached hydrogens (tertiary/aromatic N) is 4. The zero-order valence-electron chi connectivity index (χ0n) is 16.0. The van der Waals surface area contributed by atoms with E-state index < -0.39 is 0 Å². The smallest absolute Gasteiger partial charge is 0.266 e. The van der Waals surface area contributed by atoms with Crippen molar-refractivity contribution < 1.29 is 4.74 Å². The van der Waals surface area contributed by atoms with Crippen molar-refractivity contribution in [1.29, 1.82) is 0 Å². The van der Waals surface area contributed by atoms with Crippen LogP contribution in [0.5, 0.6) is 5.75 Å². The van der Waals surface area contributed by atoms with Crippen molar-refractivity contribution in [3.05, 3.63) is 89.1 Å². The van der Waals surface area contributed by atoms with Gasteiger partial charge in [-0.1, -0.05) is 30.3 Å². The molecule has 0 aliphatic rings. The fourth-order valence-electron chi connectivity index (χ4n) is 3.66. The molecule has 5 rings (SSSR count). The molecule has 0 unspecified atom stereocenters. The van der Waals surface area contributed by atoms with Crippen molar-refractivity contribution in [2.45, 2.75) is 6.92 Å². The number of hydrogen-bond acceptors (Lipinski definition) is 4. The Kier molecular flexibility index (Phi) is 3.91. The van der Waals surface area contributed by atoms with Crippen LogP contribution in [0, 0.1) is 6.92 Å². The molecule has 0 aliphatic heterocycles. The lowest BCUT2D eigenvalue weighted by Gasteiger charge is -2.09. The Labute approximate surface area is 166 Å². The molecular formula is C23H18N4O2. The lowest BCUT2D eigenvalue weighted by Crippen LogP contribution is -2.18. The molecule has 0 radical (unpaired) electrons. The van der Waals surface area contributed by atoms with Gasteiger partial charge in [-0.3, -0.25) is 9.36 Å². The van der Waals surface area contributed by atoms with E-state index in [1.807, 2.05) is 67.6 Å². The van der Waals surface area contributed by atoms with Gasteiger partial charge < -0.3 is 4.74 Å². The van der Waals surface area contributed by atoms with Gasteiger partial charge in [-0.25, -0.2) is 9.50 Å². The minimum absolute atomic E-state index is 0.142. The van der Waals surface area contributed by atoms with Crippen LogP contribution in [0.3, 0.4) is 0 Å². The Morgan fingerprint density at radius 3 is 2.45 bits per heavy atom. The van der Waals surface area contributed by atoms with Gasteiger partial charge in [0.15, 0.2) is 5.65 Å². The summed E-state index contributed by atoms with van der Waals surface area (Å²) in [6, 6.07) is 19.3. The summed E-state index contributed by atoms with van der Waals surface area (Å²) in [6.45, 7) is 1.96. The van der Waals surface area contributed by atoms with Gasteiger partial charge >= 0.3 is 0 Å². The summed E-state index contributed by atoms with van der Waals surface area (Å²) in [6.07, 6.45) is 3.41. The predicted molar refractivity (Wildman–Crippen MR) is 113 cm³/mol. The first-order chi connectivity index (χ1) is 14.2. The van der Waals surface area contributed by atoms with E-state index in [2.05, 4.69) is 10.1 Å². The Hall–Kier alpha value is -3.93. The summed E-state index contributed by atoms with van der Waals surface area (Å²) in [5.74, 6) is 0.742. The van der Waals surface area contributed by atoms with Crippen molar-refractivity contribution in [1.82, 2.24) is 19.2 Å². The Bertz CT molecular complexity index is 1400. The highest BCUT2D eigenvalue weighted by atomic mass is 16.5. The predicted octanol–water partition coefficient (Wildman–Crippen LogP) is 4.02. The lowest BCUT2D eigenvalue weighted by atomic mass is 10.1. The first-order valence-electron chi connectivity index (χ1n) is 9.27. The van der Waals surface area contributed by atoms with Crippen LogP contribution in [0.15, 0.2) is 77.9 Å². The monoisotopic (exact) mass is 382 g/mol. The van der Waals surface area contributed by atoms with E-state index >= 15 is 0 Å². The zero-order chi connectivity index (χ0) is 20.0. The highest BCUT2D eigenvalue weighted by Gasteiger charge is 2.16. The van der Waals surface area contributed by atoms with E-state index in [1.165, 1.54) is 0 Å². The largest absolute Gasteiger partial charge is 0.497 e. The van der Waals surface area contributed by atoms with Gasteiger partial charge in [0.2, 0.25) is 0 Å². The molecule has 5 aromatic rings. The molecule has 0 bridgehead atoms. The number of pyridine rings is 1. The fourth-order valence-corrected chi connectivity index (χ4v) is 3.66. The molecule has 2 aromatic carbocycles. The number of aromatic nitrogens is 4. The molecule has 0 aliphatic carbocycles. The molecule has 6 heteroatoms. The fraction of sp³-hybridized carbons (Fsp3) is 0.0870. The topological polar surface area (TPSA) is 61.4 Å². The standard InChI is InChI=1S/C23H18N4O2/c1-15-21(16-6-4-3-5-7-16)22-24-14-19-20(27(22)25-15)12-13-26(23(19)28)17-8-10-18(29-2)11-9-17/h3-14H,1-2H3. The second-order valence-corrected chi connectivity index (χ2v) is 6.81. The Morgan fingerprint density at radius 2 is 1.72 bits per heavy atom. The number of hydrogen-bond donors (Lipinski definition) is 0. The van der Waals surface area contributed by atoms with Gasteiger partial charge in [0.05, 0.1) is 23.7 Å². The first kappa shape index (κ1) is 17.2. The summed E-state index contributed by atoms with van der Waals surface area (Å²) in [7, 11) is 1.61. The van der Waals surface area contributed by atoms with Crippen LogP contribution in [-0.2, 0) is 0 Å². The molecule has 142 valence electrons. The number of methoxy groups -OCH3 is 1. The summed E-state index contributed by atoms with van der Waals surface area (Å²) >= 11 is 0. The van der Waals surface area contributed by atoms with Gasteiger partial charge in [0.25, 0.3) is 5.56 Å². The molecule has 29 heavy (non-hydrogen) atoms. The van der Waals surface area contributed by atoms with E-state index in [9.17, 15) is 4.79 Å². The van der Waals surface area contributed by atoms with Gasteiger partial charge in [0, 0.05) is 23.6 Å². The van der Waals surface area contributed by atoms with Gasteiger partial charge in [0.1, 0.15) is 5.75 Å². The van der Waals surface area contributed by atoms with Crippen LogP contribution in [0.1, 0.15) is 5.69 Å². The Balaban J connectivity index is 1.73. The number of benzene rings is 2. The molecule has 0 amide bonds. The maximum absolute atomic E-state index is 13.1. The van der Waals surface area contributed by atoms with Crippen LogP contribution < -0.4 is 10.3 Å². The second-order valence-electron chi connectivity index (χ2n) is 6.81. The second kappa shape index (κ2) is 6.60. The summed E-state index contributed by atoms with van der Waals surface area (Å²) in [4.78, 5) is 17.7. The van der Waals surface area contributed by atoms with Crippen molar-refractivity contribution >= 4 is 16.6 Å². The highest BCUT2D eigenvalue weighted by Crippen LogP contribution is 2.28. The van der Waals surface area contributed by atoms with Crippen molar-refractivity contribution in [2.75, 3.05) is 7.11 Å². The molecule has 0 saturated heterocycles. The van der Waals surface area contributed by atoms with Crippen LogP contribution in [-0.4, -0.2) is 26.3 Å². The molecule has 0 fully saturated rings. The SMILES string of the molecule is COc1ccc(-n2ccc3c(cnc4c(-c5ccccc5)c(C)nn43)c2=O)cc1. The minimum Gasteiger partial charge on any atom is -0.497 e.